The highest BCUT2D eigenvalue weighted by Gasteiger charge is 2.22. The summed E-state index contributed by atoms with van der Waals surface area (Å²) in [7, 11) is -4.06. The van der Waals surface area contributed by atoms with Crippen LogP contribution in [0.4, 0.5) is 23.1 Å². The largest absolute Gasteiger partial charge is 0.478 e. The maximum Gasteiger partial charge on any atom is 0.337 e. The average Bonchev–Trinajstić information content (AvgIpc) is 2.94. The number of nitrogens with one attached hydrogen (secondary N) is 3. The highest BCUT2D eigenvalue weighted by Crippen LogP contribution is 2.19. The molecule has 0 bridgehead atoms. The lowest BCUT2D eigenvalue weighted by Crippen LogP contribution is -2.33. The van der Waals surface area contributed by atoms with Gasteiger partial charge in [0.2, 0.25) is 16.0 Å². The number of nitrogen functional groups attached to an aromatic ring is 3. The number of hydrogen-bond donors (Lipinski definition) is 7. The van der Waals surface area contributed by atoms with Gasteiger partial charge in [0, 0.05) is 29.5 Å². The van der Waals surface area contributed by atoms with Gasteiger partial charge in [0.15, 0.2) is 17.0 Å². The van der Waals surface area contributed by atoms with E-state index in [0.717, 1.165) is 17.8 Å². The van der Waals surface area contributed by atoms with Crippen LogP contribution in [0, 0.1) is 0 Å². The number of anilines is 4. The fourth-order valence-electron chi connectivity index (χ4n) is 4.02. The smallest absolute Gasteiger partial charge is 0.337 e. The number of aromatic carboxylic acids is 1. The van der Waals surface area contributed by atoms with Gasteiger partial charge in [-0.1, -0.05) is 0 Å². The molecular weight excluding hydrogens is 564 g/mol. The third kappa shape index (κ3) is 7.35. The number of carboxylic acids is 1. The van der Waals surface area contributed by atoms with Crippen molar-refractivity contribution in [3.05, 3.63) is 65.5 Å². The van der Waals surface area contributed by atoms with Crippen LogP contribution in [0.25, 0.3) is 11.2 Å². The van der Waals surface area contributed by atoms with Crippen molar-refractivity contribution in [3.8, 4) is 0 Å². The van der Waals surface area contributed by atoms with Crippen LogP contribution in [0.15, 0.2) is 53.6 Å². The van der Waals surface area contributed by atoms with E-state index in [9.17, 15) is 23.1 Å². The van der Waals surface area contributed by atoms with Crippen molar-refractivity contribution in [2.24, 2.45) is 0 Å². The van der Waals surface area contributed by atoms with E-state index in [1.807, 2.05) is 6.92 Å². The first-order valence-corrected chi connectivity index (χ1v) is 14.2. The number of aromatic nitrogens is 4. The number of hydrogen-bond acceptors (Lipinski definition) is 12. The van der Waals surface area contributed by atoms with Gasteiger partial charge < -0.3 is 32.9 Å². The molecule has 10 N–H and O–H groups in total. The second kappa shape index (κ2) is 12.6. The molecule has 4 rings (SSSR count). The third-order valence-corrected chi connectivity index (χ3v) is 7.65. The number of carbonyl (C=O) groups excluding carboxylic acids is 1. The minimum absolute atomic E-state index is 0.0224. The van der Waals surface area contributed by atoms with Crippen molar-refractivity contribution in [2.45, 2.75) is 37.2 Å². The zero-order chi connectivity index (χ0) is 30.4. The number of carbonyl (C=O) groups is 2. The Balaban J connectivity index is 1.24. The molecule has 0 radical (unpaired) electrons. The van der Waals surface area contributed by atoms with Crippen LogP contribution in [0.3, 0.4) is 0 Å². The summed E-state index contributed by atoms with van der Waals surface area (Å²) in [6.07, 6.45) is 2.45. The lowest BCUT2D eigenvalue weighted by Gasteiger charge is -2.15. The molecule has 2 heterocycles. The molecule has 4 aromatic rings. The first-order valence-electron chi connectivity index (χ1n) is 12.7. The van der Waals surface area contributed by atoms with Gasteiger partial charge in [-0.25, -0.2) is 27.9 Å². The standard InChI is InChI=1S/C26H30N10O5S/c1-14(3-2-10-32-42(40,41)20-9-6-16(27)11-19(20)25(38)39)33-24(37)15-4-7-17(8-5-15)30-12-18-13-31-23-21(34-18)22(28)35-26(29)36-23/h4-9,11,13-14,30,32H,2-3,10,12,27H2,1H3,(H,33,37)(H,38,39)(H4,28,29,31,35,36)/t14-/m1/s1. The van der Waals surface area contributed by atoms with Crippen LogP contribution in [0.1, 0.15) is 46.2 Å². The maximum atomic E-state index is 12.7. The van der Waals surface area contributed by atoms with E-state index in [1.54, 1.807) is 30.5 Å². The molecule has 1 amide bonds. The predicted octanol–water partition coefficient (Wildman–Crippen LogP) is 1.35. The van der Waals surface area contributed by atoms with Crippen LogP contribution < -0.4 is 32.6 Å². The Bertz CT molecular complexity index is 1730. The number of sulfonamides is 1. The molecule has 2 aromatic heterocycles. The number of benzene rings is 2. The van der Waals surface area contributed by atoms with Crippen molar-refractivity contribution in [3.63, 3.8) is 0 Å². The molecule has 2 aromatic carbocycles. The van der Waals surface area contributed by atoms with Crippen molar-refractivity contribution >= 4 is 56.2 Å². The molecule has 0 fully saturated rings. The molecule has 1 atom stereocenters. The Kier molecular flexibility index (Phi) is 8.97. The minimum Gasteiger partial charge on any atom is -0.478 e. The second-order valence-electron chi connectivity index (χ2n) is 9.41. The number of rotatable bonds is 12. The Morgan fingerprint density at radius 1 is 1.02 bits per heavy atom. The lowest BCUT2D eigenvalue weighted by molar-refractivity contribution is 0.0692. The molecular formula is C26H30N10O5S. The summed E-state index contributed by atoms with van der Waals surface area (Å²) < 4.78 is 27.6. The zero-order valence-electron chi connectivity index (χ0n) is 22.5. The van der Waals surface area contributed by atoms with Crippen molar-refractivity contribution in [1.82, 2.24) is 30.0 Å². The van der Waals surface area contributed by atoms with E-state index in [4.69, 9.17) is 17.2 Å². The molecule has 0 spiro atoms. The number of carboxylic acid groups (broad SMARTS) is 1. The van der Waals surface area contributed by atoms with Crippen molar-refractivity contribution < 1.29 is 23.1 Å². The van der Waals surface area contributed by atoms with Crippen LogP contribution >= 0.6 is 0 Å². The van der Waals surface area contributed by atoms with E-state index in [2.05, 4.69) is 35.3 Å². The van der Waals surface area contributed by atoms with Gasteiger partial charge in [-0.2, -0.15) is 9.97 Å². The molecule has 0 saturated carbocycles. The maximum absolute atomic E-state index is 12.7. The predicted molar refractivity (Wildman–Crippen MR) is 157 cm³/mol. The van der Waals surface area contributed by atoms with E-state index in [-0.39, 0.29) is 40.8 Å². The van der Waals surface area contributed by atoms with E-state index in [0.29, 0.717) is 41.8 Å². The summed E-state index contributed by atoms with van der Waals surface area (Å²) in [5, 5.41) is 15.4. The highest BCUT2D eigenvalue weighted by molar-refractivity contribution is 7.89. The topological polar surface area (TPSA) is 254 Å². The summed E-state index contributed by atoms with van der Waals surface area (Å²) in [5.74, 6) is -1.51. The van der Waals surface area contributed by atoms with Crippen LogP contribution in [-0.4, -0.2) is 57.9 Å². The third-order valence-electron chi connectivity index (χ3n) is 6.13. The molecule has 0 aliphatic rings. The second-order valence-corrected chi connectivity index (χ2v) is 11.1. The minimum atomic E-state index is -4.06. The highest BCUT2D eigenvalue weighted by atomic mass is 32.2. The molecule has 0 aliphatic carbocycles. The van der Waals surface area contributed by atoms with Gasteiger partial charge in [-0.05, 0) is 62.2 Å². The SMILES string of the molecule is C[C@H](CCCNS(=O)(=O)c1ccc(N)cc1C(=O)O)NC(=O)c1ccc(NCc2cnc3nc(N)nc(N)c3n2)cc1. The summed E-state index contributed by atoms with van der Waals surface area (Å²) in [6.45, 7) is 2.21. The van der Waals surface area contributed by atoms with Gasteiger partial charge in [-0.3, -0.25) is 4.79 Å². The van der Waals surface area contributed by atoms with Crippen LogP contribution in [-0.2, 0) is 16.6 Å². The van der Waals surface area contributed by atoms with Gasteiger partial charge in [0.1, 0.15) is 0 Å². The van der Waals surface area contributed by atoms with E-state index >= 15 is 0 Å². The number of nitrogens with zero attached hydrogens (tertiary/aromatic N) is 4. The van der Waals surface area contributed by atoms with Crippen LogP contribution in [0.2, 0.25) is 0 Å². The Morgan fingerprint density at radius 2 is 1.76 bits per heavy atom. The quantitative estimate of drug-likeness (QED) is 0.0904. The van der Waals surface area contributed by atoms with Gasteiger partial charge in [0.05, 0.1) is 28.9 Å². The zero-order valence-corrected chi connectivity index (χ0v) is 23.4. The first-order chi connectivity index (χ1) is 19.9. The Morgan fingerprint density at radius 3 is 2.48 bits per heavy atom. The van der Waals surface area contributed by atoms with E-state index < -0.39 is 21.6 Å². The monoisotopic (exact) mass is 594 g/mol. The molecule has 220 valence electrons. The fourth-order valence-corrected chi connectivity index (χ4v) is 5.27. The Hall–Kier alpha value is -5.09. The summed E-state index contributed by atoms with van der Waals surface area (Å²) in [6, 6.07) is 10.2. The Labute approximate surface area is 241 Å². The molecule has 0 aliphatic heterocycles. The summed E-state index contributed by atoms with van der Waals surface area (Å²) in [4.78, 5) is 40.3. The van der Waals surface area contributed by atoms with E-state index in [1.165, 1.54) is 6.07 Å². The van der Waals surface area contributed by atoms with Crippen molar-refractivity contribution in [2.75, 3.05) is 29.1 Å². The van der Waals surface area contributed by atoms with Crippen LogP contribution in [0.5, 0.6) is 0 Å². The molecule has 0 unspecified atom stereocenters. The lowest BCUT2D eigenvalue weighted by atomic mass is 10.1. The fraction of sp³-hybridized carbons (Fsp3) is 0.231. The number of amides is 1. The molecule has 16 heteroatoms. The normalized spacial score (nSPS) is 12.1. The molecule has 42 heavy (non-hydrogen) atoms. The van der Waals surface area contributed by atoms with Gasteiger partial charge in [-0.15, -0.1) is 0 Å². The van der Waals surface area contributed by atoms with Gasteiger partial charge >= 0.3 is 5.97 Å². The van der Waals surface area contributed by atoms with Crippen molar-refractivity contribution in [1.29, 1.82) is 0 Å². The summed E-state index contributed by atoms with van der Waals surface area (Å²) in [5.41, 5.74) is 19.2. The van der Waals surface area contributed by atoms with Gasteiger partial charge in [0.25, 0.3) is 5.91 Å². The number of fused-ring (bicyclic) bond motifs is 1. The molecule has 0 saturated heterocycles. The average molecular weight is 595 g/mol. The molecule has 15 nitrogen and oxygen atoms in total. The first kappa shape index (κ1) is 29.9. The summed E-state index contributed by atoms with van der Waals surface area (Å²) >= 11 is 0. The number of nitrogens with two attached hydrogens (primary N) is 3.